The fourth-order valence-corrected chi connectivity index (χ4v) is 4.43. The number of benzene rings is 2. The fourth-order valence-electron chi connectivity index (χ4n) is 3.38. The Balaban J connectivity index is 1.92. The number of carbonyl (C=O) groups excluding carboxylic acids is 1. The summed E-state index contributed by atoms with van der Waals surface area (Å²) in [5, 5.41) is 20.7. The number of nitrogens with two attached hydrogens (primary N) is 2. The first-order valence-corrected chi connectivity index (χ1v) is 11.7. The van der Waals surface area contributed by atoms with E-state index in [9.17, 15) is 19.5 Å². The predicted molar refractivity (Wildman–Crippen MR) is 139 cm³/mol. The average Bonchev–Trinajstić information content (AvgIpc) is 2.84. The van der Waals surface area contributed by atoms with Gasteiger partial charge in [-0.05, 0) is 23.8 Å². The number of carboxylic acid groups (broad SMARTS) is 1. The first-order valence-electron chi connectivity index (χ1n) is 10.9. The number of aromatic amines is 1. The van der Waals surface area contributed by atoms with Gasteiger partial charge in [-0.2, -0.15) is 0 Å². The smallest absolute Gasteiger partial charge is 0.335 e. The van der Waals surface area contributed by atoms with Gasteiger partial charge in [-0.15, -0.1) is 0 Å². The molecule has 13 heteroatoms. The van der Waals surface area contributed by atoms with Crippen LogP contribution in [0.25, 0.3) is 0 Å². The van der Waals surface area contributed by atoms with E-state index in [2.05, 4.69) is 15.7 Å². The zero-order valence-electron chi connectivity index (χ0n) is 20.0. The van der Waals surface area contributed by atoms with Gasteiger partial charge in [0.25, 0.3) is 5.56 Å². The number of pyridine rings is 1. The molecule has 0 aliphatic rings. The van der Waals surface area contributed by atoms with Gasteiger partial charge >= 0.3 is 5.97 Å². The lowest BCUT2D eigenvalue weighted by Crippen LogP contribution is -2.37. The number of aromatic carboxylic acids is 1. The van der Waals surface area contributed by atoms with E-state index < -0.39 is 29.7 Å². The van der Waals surface area contributed by atoms with E-state index in [1.807, 2.05) is 0 Å². The number of H-pyrrole nitrogens is 1. The van der Waals surface area contributed by atoms with Crippen LogP contribution in [0.1, 0.15) is 27.0 Å². The van der Waals surface area contributed by atoms with Crippen LogP contribution in [0.5, 0.6) is 0 Å². The Morgan fingerprint density at radius 2 is 1.86 bits per heavy atom. The summed E-state index contributed by atoms with van der Waals surface area (Å²) in [4.78, 5) is 39.8. The van der Waals surface area contributed by atoms with Gasteiger partial charge in [0.1, 0.15) is 5.84 Å². The topological polar surface area (TPSA) is 190 Å². The van der Waals surface area contributed by atoms with Gasteiger partial charge in [-0.3, -0.25) is 15.0 Å². The van der Waals surface area contributed by atoms with Crippen LogP contribution in [-0.4, -0.2) is 41.9 Å². The number of hydrazine groups is 1. The molecule has 0 radical (unpaired) electrons. The Hall–Kier alpha value is -4.36. The van der Waals surface area contributed by atoms with Crippen LogP contribution in [-0.2, 0) is 17.8 Å². The van der Waals surface area contributed by atoms with Gasteiger partial charge < -0.3 is 31.9 Å². The van der Waals surface area contributed by atoms with Crippen molar-refractivity contribution in [1.29, 1.82) is 5.41 Å². The second-order valence-electron chi connectivity index (χ2n) is 7.97. The molecule has 0 aliphatic heterocycles. The summed E-state index contributed by atoms with van der Waals surface area (Å²) in [5.74, 6) is -2.69. The summed E-state index contributed by atoms with van der Waals surface area (Å²) in [7, 11) is 2.96. The maximum atomic E-state index is 15.6. The van der Waals surface area contributed by atoms with E-state index in [0.29, 0.717) is 10.5 Å². The van der Waals surface area contributed by atoms with Crippen LogP contribution in [0.2, 0.25) is 0 Å². The molecule has 0 saturated carbocycles. The lowest BCUT2D eigenvalue weighted by molar-refractivity contribution is -0.120. The molecule has 194 valence electrons. The molecule has 9 N–H and O–H groups in total. The van der Waals surface area contributed by atoms with Crippen molar-refractivity contribution in [3.05, 3.63) is 80.9 Å². The Morgan fingerprint density at radius 1 is 1.19 bits per heavy atom. The fraction of sp³-hybridized carbons (Fsp3) is 0.167. The number of amidine groups is 1. The molecule has 2 aromatic carbocycles. The molecule has 0 atom stereocenters. The largest absolute Gasteiger partial charge is 0.478 e. The predicted octanol–water partition coefficient (Wildman–Crippen LogP) is 1.66. The third-order valence-corrected chi connectivity index (χ3v) is 6.37. The zero-order chi connectivity index (χ0) is 27.3. The van der Waals surface area contributed by atoms with Crippen molar-refractivity contribution in [3.63, 3.8) is 0 Å². The standard InChI is InChI=1S/C24H26FN7O4S/c1-29-32(2)20-19(25)17(10-18(33)30-11-12-3-5-13(6-4-12)21(27)28)23(31-22(20)34)37-16-8-14(24(35)36)7-15(26)9-16/h3-9,29H,10-11,26H2,1-2H3,(H3,27,28)(H,30,33)(H,31,34)(H,35,36). The molecular weight excluding hydrogens is 501 g/mol. The average molecular weight is 528 g/mol. The number of carbonyl (C=O) groups is 2. The van der Waals surface area contributed by atoms with Crippen LogP contribution in [0.4, 0.5) is 15.8 Å². The summed E-state index contributed by atoms with van der Waals surface area (Å²) in [5.41, 5.74) is 14.2. The minimum absolute atomic E-state index is 0.0404. The number of rotatable bonds is 10. The van der Waals surface area contributed by atoms with E-state index in [1.54, 1.807) is 24.3 Å². The van der Waals surface area contributed by atoms with Crippen LogP contribution in [0.3, 0.4) is 0 Å². The molecular formula is C24H26FN7O4S. The summed E-state index contributed by atoms with van der Waals surface area (Å²) in [6.07, 6.45) is -0.408. The number of nitrogens with zero attached hydrogens (tertiary/aromatic N) is 1. The van der Waals surface area contributed by atoms with E-state index in [0.717, 1.165) is 17.3 Å². The van der Waals surface area contributed by atoms with Gasteiger partial charge in [0.15, 0.2) is 11.5 Å². The Labute approximate surface area is 215 Å². The first-order chi connectivity index (χ1) is 17.5. The van der Waals surface area contributed by atoms with E-state index >= 15 is 4.39 Å². The van der Waals surface area contributed by atoms with Gasteiger partial charge in [0.2, 0.25) is 5.91 Å². The SMILES string of the molecule is CNN(C)c1c(F)c(CC(=O)NCc2ccc(C(=N)N)cc2)c(Sc2cc(N)cc(C(=O)O)c2)[nH]c1=O. The lowest BCUT2D eigenvalue weighted by atomic mass is 10.1. The highest BCUT2D eigenvalue weighted by Gasteiger charge is 2.23. The van der Waals surface area contributed by atoms with Crippen molar-refractivity contribution < 1.29 is 19.1 Å². The molecule has 11 nitrogen and oxygen atoms in total. The molecule has 3 rings (SSSR count). The molecule has 1 amide bonds. The summed E-state index contributed by atoms with van der Waals surface area (Å²) < 4.78 is 15.6. The molecule has 0 spiro atoms. The zero-order valence-corrected chi connectivity index (χ0v) is 20.8. The molecule has 0 bridgehead atoms. The van der Waals surface area contributed by atoms with Gasteiger partial charge in [-0.25, -0.2) is 14.6 Å². The number of halogens is 1. The van der Waals surface area contributed by atoms with Gasteiger partial charge in [0.05, 0.1) is 17.0 Å². The Morgan fingerprint density at radius 3 is 2.46 bits per heavy atom. The van der Waals surface area contributed by atoms with Crippen molar-refractivity contribution in [1.82, 2.24) is 15.7 Å². The van der Waals surface area contributed by atoms with E-state index in [1.165, 1.54) is 37.3 Å². The lowest BCUT2D eigenvalue weighted by Gasteiger charge is -2.20. The summed E-state index contributed by atoms with van der Waals surface area (Å²) in [6.45, 7) is 0.144. The number of hydrogen-bond acceptors (Lipinski definition) is 8. The minimum Gasteiger partial charge on any atom is -0.478 e. The Kier molecular flexibility index (Phi) is 8.52. The molecule has 1 aromatic heterocycles. The first kappa shape index (κ1) is 27.2. The van der Waals surface area contributed by atoms with Crippen LogP contribution < -0.4 is 32.8 Å². The van der Waals surface area contributed by atoms with Crippen LogP contribution in [0.15, 0.2) is 57.2 Å². The summed E-state index contributed by atoms with van der Waals surface area (Å²) >= 11 is 0.887. The van der Waals surface area contributed by atoms with Gasteiger partial charge in [-0.1, -0.05) is 36.0 Å². The van der Waals surface area contributed by atoms with Gasteiger partial charge in [0, 0.05) is 42.3 Å². The number of amides is 1. The molecule has 0 saturated heterocycles. The third kappa shape index (κ3) is 6.65. The molecule has 0 fully saturated rings. The highest BCUT2D eigenvalue weighted by Crippen LogP contribution is 2.33. The van der Waals surface area contributed by atoms with E-state index in [4.69, 9.17) is 16.9 Å². The third-order valence-electron chi connectivity index (χ3n) is 5.35. The maximum absolute atomic E-state index is 15.6. The molecule has 3 aromatic rings. The second kappa shape index (κ2) is 11.6. The van der Waals surface area contributed by atoms with Crippen LogP contribution >= 0.6 is 11.8 Å². The van der Waals surface area contributed by atoms with Crippen molar-refractivity contribution in [2.45, 2.75) is 22.9 Å². The minimum atomic E-state index is -1.20. The van der Waals surface area contributed by atoms with Crippen molar-refractivity contribution >= 4 is 40.8 Å². The van der Waals surface area contributed by atoms with Crippen molar-refractivity contribution in [3.8, 4) is 0 Å². The van der Waals surface area contributed by atoms with Crippen LogP contribution in [0, 0.1) is 11.2 Å². The normalized spacial score (nSPS) is 10.7. The molecule has 0 aliphatic carbocycles. The monoisotopic (exact) mass is 527 g/mol. The number of anilines is 2. The molecule has 0 unspecified atom stereocenters. The molecule has 1 heterocycles. The highest BCUT2D eigenvalue weighted by molar-refractivity contribution is 7.99. The molecule has 37 heavy (non-hydrogen) atoms. The highest BCUT2D eigenvalue weighted by atomic mass is 32.2. The maximum Gasteiger partial charge on any atom is 0.335 e. The number of carboxylic acids is 1. The number of aromatic nitrogens is 1. The quantitative estimate of drug-likeness (QED) is 0.0889. The number of nitrogens with one attached hydrogen (secondary N) is 4. The number of hydrogen-bond donors (Lipinski definition) is 7. The van der Waals surface area contributed by atoms with E-state index in [-0.39, 0.29) is 39.9 Å². The summed E-state index contributed by atoms with van der Waals surface area (Å²) in [6, 6.07) is 10.8. The Bertz CT molecular complexity index is 1410. The number of nitrogen functional groups attached to an aromatic ring is 2. The van der Waals surface area contributed by atoms with Crippen molar-refractivity contribution in [2.24, 2.45) is 5.73 Å². The van der Waals surface area contributed by atoms with Crippen molar-refractivity contribution in [2.75, 3.05) is 24.8 Å². The second-order valence-corrected chi connectivity index (χ2v) is 9.05.